The van der Waals surface area contributed by atoms with Gasteiger partial charge in [0.1, 0.15) is 102 Å². The molecule has 12 aliphatic rings. The summed E-state index contributed by atoms with van der Waals surface area (Å²) in [6.07, 6.45) is -1.57. The van der Waals surface area contributed by atoms with Crippen molar-refractivity contribution in [3.8, 4) is 35.1 Å². The van der Waals surface area contributed by atoms with Gasteiger partial charge in [-0.25, -0.2) is 0 Å². The first-order valence-electron chi connectivity index (χ1n) is 42.5. The Labute approximate surface area is 766 Å². The van der Waals surface area contributed by atoms with E-state index in [1.54, 1.807) is 135 Å². The van der Waals surface area contributed by atoms with Crippen molar-refractivity contribution in [3.63, 3.8) is 0 Å². The zero-order chi connectivity index (χ0) is 98.7. The van der Waals surface area contributed by atoms with Gasteiger partial charge in [-0.05, 0) is 178 Å². The second kappa shape index (κ2) is 34.5. The predicted molar refractivity (Wildman–Crippen MR) is 473 cm³/mol. The number of nitrogens with two attached hydrogens (primary N) is 2. The minimum atomic E-state index is -4.28. The van der Waals surface area contributed by atoms with E-state index < -0.39 is 254 Å². The van der Waals surface area contributed by atoms with E-state index in [0.29, 0.717) is 28.7 Å². The van der Waals surface area contributed by atoms with E-state index in [-0.39, 0.29) is 91.7 Å². The molecule has 4 fully saturated rings. The number of methoxy groups -OCH3 is 1. The monoisotopic (exact) mass is 1860 g/mol. The van der Waals surface area contributed by atoms with Crippen molar-refractivity contribution in [2.45, 2.75) is 115 Å². The van der Waals surface area contributed by atoms with E-state index in [9.17, 15) is 138 Å². The van der Waals surface area contributed by atoms with Gasteiger partial charge < -0.3 is 103 Å². The van der Waals surface area contributed by atoms with Gasteiger partial charge in [0, 0.05) is 64.9 Å². The summed E-state index contributed by atoms with van der Waals surface area (Å²) in [5.41, 5.74) is 0.904. The molecule has 5 aromatic carbocycles. The van der Waals surface area contributed by atoms with Crippen LogP contribution in [0.25, 0.3) is 23.0 Å². The smallest absolute Gasteiger partial charge is 0.339 e. The first kappa shape index (κ1) is 96.5. The van der Waals surface area contributed by atoms with E-state index in [4.69, 9.17) is 20.4 Å². The Morgan fingerprint density at radius 1 is 0.463 bits per heavy atom. The SMILES string of the molecule is CN(C)[C@@H]1C(=O)C(C#N)=C(O)[C@@]2(O)C(=O)C3=C(O)c4c(O)cccc4C[C@H]3C[C@@H]12.CN(C)[C@@H]1C(=O)C(C#N)=C(O)[C@@]2(O)C(=O)C3=C(O)c4c(cccc4OS(=O)(=O)c4ccccc4)C[C@H]3C[C@@H]12.CN[C@]12C(=O)C3=C(O)c4c(O)cccc4[C@H](C)[C@H]3[C@@H](O)[C@@H]1[C@H](N(C)C)C(=O)C(C(N)=O)=C2O.CN[C@]12C(=O)C3=C(O)c4c(O)cccc4[C@H](C)[C@H]3[C@@H](OC)[C@@H]1[C@H](N(C)C)C(=O)C(C(N)=O)=C2O. The zero-order valence-electron chi connectivity index (χ0n) is 74.6. The quantitative estimate of drug-likeness (QED) is 0.0630. The second-order valence-electron chi connectivity index (χ2n) is 36.2. The number of nitriles is 2. The lowest BCUT2D eigenvalue weighted by molar-refractivity contribution is -0.153. The maximum Gasteiger partial charge on any atom is 0.339 e. The fourth-order valence-corrected chi connectivity index (χ4v) is 24.1. The maximum absolute atomic E-state index is 14.2. The fraction of sp³-hybridized carbons (Fsp3) is 0.389. The van der Waals surface area contributed by atoms with Crippen LogP contribution in [-0.4, -0.2) is 294 Å². The third-order valence-electron chi connectivity index (χ3n) is 29.0. The minimum absolute atomic E-state index is 0.0197. The van der Waals surface area contributed by atoms with Gasteiger partial charge in [0.05, 0.1) is 58.6 Å². The molecule has 39 heteroatoms. The summed E-state index contributed by atoms with van der Waals surface area (Å²) in [7, 11) is 12.6. The van der Waals surface area contributed by atoms with Crippen molar-refractivity contribution in [3.05, 3.63) is 215 Å². The predicted octanol–water partition coefficient (Wildman–Crippen LogP) is 3.17. The van der Waals surface area contributed by atoms with Crippen LogP contribution in [0.5, 0.6) is 23.0 Å². The van der Waals surface area contributed by atoms with Crippen molar-refractivity contribution in [2.24, 2.45) is 58.8 Å². The number of Topliss-reactive ketones (excluding diaryl/α,β-unsaturated/α-hetero) is 8. The fourth-order valence-electron chi connectivity index (χ4n) is 23.2. The Kier molecular flexibility index (Phi) is 24.8. The highest BCUT2D eigenvalue weighted by atomic mass is 32.2. The van der Waals surface area contributed by atoms with Crippen molar-refractivity contribution in [1.29, 1.82) is 10.5 Å². The second-order valence-corrected chi connectivity index (χ2v) is 37.8. The van der Waals surface area contributed by atoms with Crippen LogP contribution in [0.1, 0.15) is 83.0 Å². The van der Waals surface area contributed by atoms with Crippen molar-refractivity contribution < 1.29 is 137 Å². The Morgan fingerprint density at radius 2 is 0.828 bits per heavy atom. The summed E-state index contributed by atoms with van der Waals surface area (Å²) < 4.78 is 37.1. The number of rotatable bonds is 12. The number of amides is 2. The lowest BCUT2D eigenvalue weighted by Crippen LogP contribution is -2.74. The molecular formula is C95H100N10O28S. The average Bonchev–Trinajstić information content (AvgIpc) is 0.698. The summed E-state index contributed by atoms with van der Waals surface area (Å²) in [5.74, 6) is -23.2. The number of ketones is 8. The molecule has 12 aliphatic carbocycles. The number of phenols is 3. The van der Waals surface area contributed by atoms with Crippen LogP contribution in [-0.2, 0) is 75.6 Å². The summed E-state index contributed by atoms with van der Waals surface area (Å²) in [5, 5.41) is 178. The molecule has 2 amide bonds. The molecule has 20 atom stereocenters. The normalized spacial score (nSPS) is 31.1. The number of carbonyl (C=O) groups is 10. The molecule has 0 heterocycles. The average molecular weight is 1860 g/mol. The van der Waals surface area contributed by atoms with E-state index in [1.165, 1.54) is 84.4 Å². The molecule has 5 aromatic rings. The maximum atomic E-state index is 14.2. The molecule has 0 bridgehead atoms. The number of benzene rings is 5. The van der Waals surface area contributed by atoms with Gasteiger partial charge in [-0.3, -0.25) is 67.5 Å². The Balaban J connectivity index is 0.000000144. The van der Waals surface area contributed by atoms with E-state index in [2.05, 4.69) is 10.6 Å². The van der Waals surface area contributed by atoms with E-state index >= 15 is 0 Å². The summed E-state index contributed by atoms with van der Waals surface area (Å²) in [6.45, 7) is 3.60. The van der Waals surface area contributed by atoms with Gasteiger partial charge in [-0.2, -0.15) is 18.9 Å². The summed E-state index contributed by atoms with van der Waals surface area (Å²) in [4.78, 5) is 138. The summed E-state index contributed by atoms with van der Waals surface area (Å²) in [6, 6.07) is 25.1. The van der Waals surface area contributed by atoms with Crippen LogP contribution in [0.4, 0.5) is 0 Å². The number of ether oxygens (including phenoxy) is 1. The van der Waals surface area contributed by atoms with Crippen LogP contribution < -0.4 is 26.3 Å². The molecule has 0 aliphatic heterocycles. The number of fused-ring (bicyclic) bond motifs is 12. The highest BCUT2D eigenvalue weighted by Crippen LogP contribution is 2.61. The number of primary amides is 2. The number of hydrogen-bond acceptors (Lipinski definition) is 36. The van der Waals surface area contributed by atoms with Gasteiger partial charge in [0.15, 0.2) is 63.2 Å². The standard InChI is InChI=1S/C27H24N2O8S.C24H29N3O7.C23H27N3O7.C21H20N2O6/c1-29(2)22-18-12-15-11-14-7-6-10-19(37-38(35,36)16-8-4-3-5-9-16)20(14)24(31)21(15)26(33)27(18,34)25(32)17(13-28)23(22)30;1-9-10-7-6-8-11(28)13(10)18(29)14-12(9)20(34-5)16-17(27(3)4)19(30)15(23(25)33)22(32)24(16,26-2)21(14)31;1-8-9-6-5-7-10(27)12(9)17(28)13-11(8)18(29)15-16(26(3)4)19(30)14(22(24)33)21(32)23(15,25-2)20(13)31;1-23(2)16-12-7-10-6-9-4-3-5-13(24)14(9)18(26)15(10)20(28)21(12,29)19(27)11(8-22)17(16)25/h3-10,15,18,22,31-32,34H,11-12H2,1-2H3;6-9,12,16-17,20,26,28-29,32H,1-5H3,(H2,25,33);5-8,11,15-16,18,25,27-29,32H,1-4H3,(H2,24,33);3-5,10,12,16,24,26-27,29H,6-7H2,1-2H3/t15-,18-,22-,27+;9-,12+,16-,17-,20+,24-;8-,11+,15-,16-,18+,23-;10-,12-,16-,21+/m0000/s1. The number of hydrogen-bond donors (Lipinski definition) is 18. The van der Waals surface area contributed by atoms with Crippen molar-refractivity contribution in [1.82, 2.24) is 30.2 Å². The van der Waals surface area contributed by atoms with Crippen LogP contribution in [0.15, 0.2) is 176 Å². The molecule has 0 unspecified atom stereocenters. The molecule has 0 spiro atoms. The number of nitrogens with zero attached hydrogens (tertiary/aromatic N) is 6. The molecule has 38 nitrogen and oxygen atoms in total. The van der Waals surface area contributed by atoms with Crippen LogP contribution in [0, 0.1) is 70.0 Å². The highest BCUT2D eigenvalue weighted by molar-refractivity contribution is 7.87. The number of aromatic hydroxyl groups is 3. The Bertz CT molecular complexity index is 6510. The largest absolute Gasteiger partial charge is 0.509 e. The number of phenolic OH excluding ortho intramolecular Hbond substituents is 3. The third kappa shape index (κ3) is 13.7. The number of carbonyl (C=O) groups excluding carboxylic acids is 10. The highest BCUT2D eigenvalue weighted by Gasteiger charge is 2.72. The molecular weight excluding hydrogens is 1760 g/mol. The Morgan fingerprint density at radius 3 is 1.23 bits per heavy atom. The third-order valence-corrected chi connectivity index (χ3v) is 30.2. The molecule has 0 aromatic heterocycles. The lowest BCUT2D eigenvalue weighted by atomic mass is 9.53. The van der Waals surface area contributed by atoms with Gasteiger partial charge >= 0.3 is 10.1 Å². The molecule has 20 N–H and O–H groups in total. The first-order chi connectivity index (χ1) is 63.0. The van der Waals surface area contributed by atoms with Gasteiger partial charge in [0.25, 0.3) is 11.8 Å². The van der Waals surface area contributed by atoms with E-state index in [1.807, 2.05) is 6.92 Å². The number of aliphatic hydroxyl groups excluding tert-OH is 9. The molecule has 17 rings (SSSR count). The van der Waals surface area contributed by atoms with E-state index in [0.717, 1.165) is 0 Å². The van der Waals surface area contributed by atoms with Crippen LogP contribution >= 0.6 is 0 Å². The van der Waals surface area contributed by atoms with Gasteiger partial charge in [0.2, 0.25) is 11.6 Å². The van der Waals surface area contributed by atoms with Gasteiger partial charge in [-0.1, -0.05) is 80.6 Å². The number of nitrogens with one attached hydrogen (secondary N) is 2. The number of aliphatic hydroxyl groups is 11. The minimum Gasteiger partial charge on any atom is -0.509 e. The summed E-state index contributed by atoms with van der Waals surface area (Å²) >= 11 is 0. The van der Waals surface area contributed by atoms with Crippen molar-refractivity contribution in [2.75, 3.05) is 77.6 Å². The molecule has 0 radical (unpaired) electrons. The van der Waals surface area contributed by atoms with Crippen LogP contribution in [0.3, 0.4) is 0 Å². The van der Waals surface area contributed by atoms with Crippen molar-refractivity contribution >= 4 is 91.2 Å². The first-order valence-corrected chi connectivity index (χ1v) is 43.9. The zero-order valence-corrected chi connectivity index (χ0v) is 75.4. The van der Waals surface area contributed by atoms with Gasteiger partial charge in [-0.15, -0.1) is 0 Å². The molecule has 4 saturated carbocycles. The molecule has 0 saturated heterocycles. The molecule has 134 heavy (non-hydrogen) atoms. The molecule has 704 valence electrons. The lowest BCUT2D eigenvalue weighted by Gasteiger charge is -2.56. The topological polar surface area (TPSA) is 643 Å². The Hall–Kier alpha value is -13.6. The number of likely N-dealkylation sites (N-methyl/N-ethyl adjacent to an activating group) is 6. The van der Waals surface area contributed by atoms with Crippen LogP contribution in [0.2, 0.25) is 0 Å².